The van der Waals surface area contributed by atoms with E-state index in [9.17, 15) is 0 Å². The van der Waals surface area contributed by atoms with Crippen LogP contribution in [0.4, 0.5) is 0 Å². The van der Waals surface area contributed by atoms with Crippen molar-refractivity contribution in [3.8, 4) is 0 Å². The molecule has 2 heteroatoms. The fraction of sp³-hybridized carbons (Fsp3) is 0.583. The summed E-state index contributed by atoms with van der Waals surface area (Å²) in [5.41, 5.74) is 2.52. The van der Waals surface area contributed by atoms with Crippen molar-refractivity contribution in [3.05, 3.63) is 29.6 Å². The molecule has 0 radical (unpaired) electrons. The smallest absolute Gasteiger partial charge is 0.0468 e. The number of pyridine rings is 1. The Balaban J connectivity index is 2.73. The van der Waals surface area contributed by atoms with E-state index in [0.29, 0.717) is 5.92 Å². The summed E-state index contributed by atoms with van der Waals surface area (Å²) in [7, 11) is 1.75. The van der Waals surface area contributed by atoms with Gasteiger partial charge in [-0.3, -0.25) is 4.98 Å². The molecule has 1 aromatic rings. The third-order valence-corrected chi connectivity index (χ3v) is 2.65. The summed E-state index contributed by atoms with van der Waals surface area (Å²) >= 11 is 0. The minimum Gasteiger partial charge on any atom is -0.385 e. The van der Waals surface area contributed by atoms with Crippen LogP contribution < -0.4 is 0 Å². The number of rotatable bonds is 5. The number of methoxy groups -OCH3 is 1. The molecule has 1 aromatic heterocycles. The van der Waals surface area contributed by atoms with Gasteiger partial charge in [-0.15, -0.1) is 0 Å². The van der Waals surface area contributed by atoms with Crippen molar-refractivity contribution < 1.29 is 4.74 Å². The van der Waals surface area contributed by atoms with Gasteiger partial charge in [0.1, 0.15) is 0 Å². The van der Waals surface area contributed by atoms with E-state index in [4.69, 9.17) is 4.74 Å². The molecule has 0 aliphatic heterocycles. The maximum absolute atomic E-state index is 5.12. The molecule has 0 saturated carbocycles. The first kappa shape index (κ1) is 11.2. The third-order valence-electron chi connectivity index (χ3n) is 2.65. The molecule has 14 heavy (non-hydrogen) atoms. The van der Waals surface area contributed by atoms with Crippen LogP contribution in [-0.2, 0) is 4.74 Å². The van der Waals surface area contributed by atoms with E-state index in [1.54, 1.807) is 7.11 Å². The molecule has 0 aliphatic carbocycles. The van der Waals surface area contributed by atoms with E-state index < -0.39 is 0 Å². The zero-order chi connectivity index (χ0) is 10.4. The van der Waals surface area contributed by atoms with Crippen molar-refractivity contribution >= 4 is 0 Å². The van der Waals surface area contributed by atoms with Gasteiger partial charge in [-0.05, 0) is 37.3 Å². The van der Waals surface area contributed by atoms with Gasteiger partial charge in [-0.2, -0.15) is 0 Å². The van der Waals surface area contributed by atoms with Gasteiger partial charge in [-0.1, -0.05) is 13.0 Å². The highest BCUT2D eigenvalue weighted by atomic mass is 16.5. The fourth-order valence-corrected chi connectivity index (χ4v) is 1.77. The van der Waals surface area contributed by atoms with Crippen molar-refractivity contribution in [2.45, 2.75) is 32.6 Å². The Hall–Kier alpha value is -0.890. The highest BCUT2D eigenvalue weighted by Crippen LogP contribution is 2.24. The van der Waals surface area contributed by atoms with Crippen LogP contribution in [0.15, 0.2) is 18.3 Å². The van der Waals surface area contributed by atoms with Gasteiger partial charge in [-0.25, -0.2) is 0 Å². The van der Waals surface area contributed by atoms with Crippen LogP contribution in [0.5, 0.6) is 0 Å². The van der Waals surface area contributed by atoms with Crippen LogP contribution in [-0.4, -0.2) is 18.7 Å². The maximum Gasteiger partial charge on any atom is 0.0468 e. The number of hydrogen-bond acceptors (Lipinski definition) is 2. The molecule has 78 valence electrons. The molecule has 0 bridgehead atoms. The molecule has 0 saturated heterocycles. The van der Waals surface area contributed by atoms with E-state index in [0.717, 1.165) is 25.1 Å². The first-order valence-electron chi connectivity index (χ1n) is 5.20. The molecule has 2 nitrogen and oxygen atoms in total. The molecule has 0 aromatic carbocycles. The van der Waals surface area contributed by atoms with E-state index >= 15 is 0 Å². The molecule has 0 aliphatic rings. The Morgan fingerprint density at radius 1 is 1.50 bits per heavy atom. The third kappa shape index (κ3) is 2.81. The van der Waals surface area contributed by atoms with E-state index in [1.807, 2.05) is 12.3 Å². The van der Waals surface area contributed by atoms with Crippen molar-refractivity contribution in [2.75, 3.05) is 13.7 Å². The monoisotopic (exact) mass is 193 g/mol. The average molecular weight is 193 g/mol. The molecular formula is C12H19NO. The predicted molar refractivity (Wildman–Crippen MR) is 58.5 cm³/mol. The fourth-order valence-electron chi connectivity index (χ4n) is 1.77. The number of ether oxygens (including phenoxy) is 1. The average Bonchev–Trinajstić information content (AvgIpc) is 2.21. The highest BCUT2D eigenvalue weighted by molar-refractivity contribution is 5.22. The number of hydrogen-bond donors (Lipinski definition) is 0. The van der Waals surface area contributed by atoms with Crippen LogP contribution in [0.1, 0.15) is 36.9 Å². The first-order valence-corrected chi connectivity index (χ1v) is 5.20. The minimum atomic E-state index is 0.587. The van der Waals surface area contributed by atoms with Gasteiger partial charge in [0.25, 0.3) is 0 Å². The molecule has 1 heterocycles. The molecule has 1 rings (SSSR count). The lowest BCUT2D eigenvalue weighted by atomic mass is 9.92. The molecule has 0 spiro atoms. The van der Waals surface area contributed by atoms with Crippen LogP contribution in [0.3, 0.4) is 0 Å². The summed E-state index contributed by atoms with van der Waals surface area (Å²) in [6.45, 7) is 5.12. The highest BCUT2D eigenvalue weighted by Gasteiger charge is 2.11. The second kappa shape index (κ2) is 5.76. The first-order chi connectivity index (χ1) is 6.79. The summed E-state index contributed by atoms with van der Waals surface area (Å²) in [4.78, 5) is 4.32. The lowest BCUT2D eigenvalue weighted by molar-refractivity contribution is 0.187. The van der Waals surface area contributed by atoms with Gasteiger partial charge in [0.05, 0.1) is 0 Å². The molecule has 1 atom stereocenters. The van der Waals surface area contributed by atoms with Crippen molar-refractivity contribution in [3.63, 3.8) is 0 Å². The second-order valence-electron chi connectivity index (χ2n) is 3.56. The standard InChI is InChI=1S/C12H19NO/c1-4-11(7-9-14-3)12-6-5-8-13-10(12)2/h5-6,8,11H,4,7,9H2,1-3H3. The zero-order valence-corrected chi connectivity index (χ0v) is 9.29. The van der Waals surface area contributed by atoms with Gasteiger partial charge in [0.2, 0.25) is 0 Å². The zero-order valence-electron chi connectivity index (χ0n) is 9.29. The van der Waals surface area contributed by atoms with Crippen molar-refractivity contribution in [1.29, 1.82) is 0 Å². The van der Waals surface area contributed by atoms with Gasteiger partial charge in [0.15, 0.2) is 0 Å². The van der Waals surface area contributed by atoms with Crippen LogP contribution >= 0.6 is 0 Å². The van der Waals surface area contributed by atoms with Crippen LogP contribution in [0.25, 0.3) is 0 Å². The Morgan fingerprint density at radius 3 is 2.86 bits per heavy atom. The summed E-state index contributed by atoms with van der Waals surface area (Å²) in [6.07, 6.45) is 4.08. The molecule has 1 unspecified atom stereocenters. The largest absolute Gasteiger partial charge is 0.385 e. The Morgan fingerprint density at radius 2 is 2.29 bits per heavy atom. The summed E-state index contributed by atoms with van der Waals surface area (Å²) in [5.74, 6) is 0.587. The molecule has 0 amide bonds. The van der Waals surface area contributed by atoms with Crippen LogP contribution in [0.2, 0.25) is 0 Å². The van der Waals surface area contributed by atoms with E-state index in [1.165, 1.54) is 5.56 Å². The van der Waals surface area contributed by atoms with Gasteiger partial charge < -0.3 is 4.74 Å². The summed E-state index contributed by atoms with van der Waals surface area (Å²) in [5, 5.41) is 0. The molecular weight excluding hydrogens is 174 g/mol. The lowest BCUT2D eigenvalue weighted by Crippen LogP contribution is -2.04. The van der Waals surface area contributed by atoms with E-state index in [2.05, 4.69) is 24.9 Å². The van der Waals surface area contributed by atoms with Gasteiger partial charge in [0, 0.05) is 25.6 Å². The molecule has 0 fully saturated rings. The van der Waals surface area contributed by atoms with Crippen LogP contribution in [0, 0.1) is 6.92 Å². The van der Waals surface area contributed by atoms with Gasteiger partial charge >= 0.3 is 0 Å². The quantitative estimate of drug-likeness (QED) is 0.717. The summed E-state index contributed by atoms with van der Waals surface area (Å²) in [6, 6.07) is 4.18. The second-order valence-corrected chi connectivity index (χ2v) is 3.56. The predicted octanol–water partition coefficient (Wildman–Crippen LogP) is 2.92. The maximum atomic E-state index is 5.12. The van der Waals surface area contributed by atoms with Crippen molar-refractivity contribution in [2.24, 2.45) is 0 Å². The van der Waals surface area contributed by atoms with Crippen molar-refractivity contribution in [1.82, 2.24) is 4.98 Å². The lowest BCUT2D eigenvalue weighted by Gasteiger charge is -2.16. The van der Waals surface area contributed by atoms with E-state index in [-0.39, 0.29) is 0 Å². The Labute approximate surface area is 86.3 Å². The Bertz CT molecular complexity index is 273. The number of aryl methyl sites for hydroxylation is 1. The minimum absolute atomic E-state index is 0.587. The number of aromatic nitrogens is 1. The normalized spacial score (nSPS) is 12.8. The number of nitrogens with zero attached hydrogens (tertiary/aromatic N) is 1. The Kier molecular flexibility index (Phi) is 4.60. The topological polar surface area (TPSA) is 22.1 Å². The summed E-state index contributed by atoms with van der Waals surface area (Å²) < 4.78 is 5.12. The molecule has 0 N–H and O–H groups in total. The SMILES string of the molecule is CCC(CCOC)c1cccnc1C.